The molecule has 0 fully saturated rings. The molecule has 0 unspecified atom stereocenters. The summed E-state index contributed by atoms with van der Waals surface area (Å²) in [6, 6.07) is 96.3. The maximum atomic E-state index is 6.55. The summed E-state index contributed by atoms with van der Waals surface area (Å²) >= 11 is 0. The minimum absolute atomic E-state index is 0.921. The highest BCUT2D eigenvalue weighted by Crippen LogP contribution is 2.49. The summed E-state index contributed by atoms with van der Waals surface area (Å²) in [6.07, 6.45) is 0. The van der Waals surface area contributed by atoms with Gasteiger partial charge in [-0.3, -0.25) is 0 Å². The molecule has 1 aromatic heterocycles. The van der Waals surface area contributed by atoms with Crippen molar-refractivity contribution in [3.05, 3.63) is 267 Å². The van der Waals surface area contributed by atoms with E-state index < -0.39 is 0 Å². The lowest BCUT2D eigenvalue weighted by Gasteiger charge is -2.19. The predicted octanol–water partition coefficient (Wildman–Crippen LogP) is 20.0. The third kappa shape index (κ3) is 6.62. The first-order chi connectivity index (χ1) is 35.3. The number of benzene rings is 14. The van der Waals surface area contributed by atoms with Crippen molar-refractivity contribution in [1.29, 1.82) is 0 Å². The van der Waals surface area contributed by atoms with E-state index in [0.29, 0.717) is 0 Å². The largest absolute Gasteiger partial charge is 0.455 e. The Kier molecular flexibility index (Phi) is 9.60. The maximum Gasteiger partial charge on any atom is 0.143 e. The summed E-state index contributed by atoms with van der Waals surface area (Å²) in [6.45, 7) is 0. The van der Waals surface area contributed by atoms with Crippen LogP contribution in [0.15, 0.2) is 271 Å². The molecule has 0 saturated carbocycles. The fourth-order valence-corrected chi connectivity index (χ4v) is 11.6. The summed E-state index contributed by atoms with van der Waals surface area (Å²) in [4.78, 5) is 0. The normalized spacial score (nSPS) is 11.7. The highest BCUT2D eigenvalue weighted by Gasteiger charge is 2.22. The third-order valence-electron chi connectivity index (χ3n) is 14.7. The van der Waals surface area contributed by atoms with Crippen LogP contribution in [0.3, 0.4) is 0 Å². The summed E-state index contributed by atoms with van der Waals surface area (Å²) in [7, 11) is 0. The van der Waals surface area contributed by atoms with Crippen LogP contribution < -0.4 is 0 Å². The Labute approximate surface area is 411 Å². The van der Waals surface area contributed by atoms with Crippen molar-refractivity contribution < 1.29 is 4.42 Å². The van der Waals surface area contributed by atoms with Crippen LogP contribution in [0.5, 0.6) is 0 Å². The van der Waals surface area contributed by atoms with Gasteiger partial charge in [-0.05, 0) is 133 Å². The lowest BCUT2D eigenvalue weighted by atomic mass is 9.84. The Morgan fingerprint density at radius 3 is 1.23 bits per heavy atom. The second-order valence-electron chi connectivity index (χ2n) is 18.6. The van der Waals surface area contributed by atoms with Gasteiger partial charge in [-0.1, -0.05) is 249 Å². The zero-order valence-electron chi connectivity index (χ0n) is 38.8. The van der Waals surface area contributed by atoms with Gasteiger partial charge < -0.3 is 4.42 Å². The molecule has 14 aromatic carbocycles. The molecule has 15 rings (SSSR count). The fourth-order valence-electron chi connectivity index (χ4n) is 11.6. The van der Waals surface area contributed by atoms with Gasteiger partial charge in [-0.2, -0.15) is 0 Å². The van der Waals surface area contributed by atoms with Gasteiger partial charge in [0.2, 0.25) is 0 Å². The lowest BCUT2D eigenvalue weighted by Crippen LogP contribution is -1.91. The second kappa shape index (κ2) is 16.7. The Bertz CT molecular complexity index is 4460. The van der Waals surface area contributed by atoms with E-state index in [9.17, 15) is 0 Å². The van der Waals surface area contributed by atoms with Gasteiger partial charge in [0, 0.05) is 16.2 Å². The maximum absolute atomic E-state index is 6.55. The zero-order chi connectivity index (χ0) is 46.8. The van der Waals surface area contributed by atoms with E-state index in [4.69, 9.17) is 4.42 Å². The highest BCUT2D eigenvalue weighted by atomic mass is 16.3. The molecule has 0 aliphatic heterocycles. The van der Waals surface area contributed by atoms with E-state index in [0.717, 1.165) is 21.9 Å². The molecule has 15 aromatic rings. The van der Waals surface area contributed by atoms with Gasteiger partial charge in [-0.15, -0.1) is 0 Å². The molecular formula is C70H44O. The number of hydrogen-bond donors (Lipinski definition) is 0. The second-order valence-corrected chi connectivity index (χ2v) is 18.6. The summed E-state index contributed by atoms with van der Waals surface area (Å²) in [5.41, 5.74) is 12.0. The van der Waals surface area contributed by atoms with E-state index in [1.54, 1.807) is 0 Å². The minimum Gasteiger partial charge on any atom is -0.455 e. The van der Waals surface area contributed by atoms with Gasteiger partial charge in [0.15, 0.2) is 0 Å². The molecule has 0 spiro atoms. The molecule has 1 nitrogen and oxygen atoms in total. The van der Waals surface area contributed by atoms with Crippen molar-refractivity contribution in [3.63, 3.8) is 0 Å². The van der Waals surface area contributed by atoms with Crippen LogP contribution in [0, 0.1) is 0 Å². The molecule has 0 aliphatic carbocycles. The van der Waals surface area contributed by atoms with Crippen molar-refractivity contribution in [3.8, 4) is 44.5 Å². The van der Waals surface area contributed by atoms with Crippen molar-refractivity contribution in [1.82, 2.24) is 0 Å². The predicted molar refractivity (Wildman–Crippen MR) is 304 cm³/mol. The summed E-state index contributed by atoms with van der Waals surface area (Å²) < 4.78 is 6.55. The van der Waals surface area contributed by atoms with Crippen molar-refractivity contribution in [2.45, 2.75) is 0 Å². The first-order valence-electron chi connectivity index (χ1n) is 24.5. The SMILES string of the molecule is c1ccc(-c2c3ccccc3c(-c3cccc4oc5c6ccccc6ccc5c34)c3ccccc23)cc1.c1ccc2cc(-c3c4ccccc4c(-c4cccc5ccccc45)c4ccccc34)ccc2c1. The molecule has 0 N–H and O–H groups in total. The van der Waals surface area contributed by atoms with Crippen LogP contribution in [-0.2, 0) is 0 Å². The Balaban J connectivity index is 0.000000133. The molecule has 0 radical (unpaired) electrons. The molecule has 330 valence electrons. The van der Waals surface area contributed by atoms with Crippen LogP contribution >= 0.6 is 0 Å². The molecule has 1 heterocycles. The van der Waals surface area contributed by atoms with Crippen molar-refractivity contribution >= 4 is 97.3 Å². The molecule has 71 heavy (non-hydrogen) atoms. The van der Waals surface area contributed by atoms with E-state index in [1.807, 2.05) is 0 Å². The molecule has 0 bridgehead atoms. The number of fused-ring (bicyclic) bond motifs is 11. The number of furan rings is 1. The van der Waals surface area contributed by atoms with E-state index >= 15 is 0 Å². The average Bonchev–Trinajstić information content (AvgIpc) is 3.84. The van der Waals surface area contributed by atoms with E-state index in [-0.39, 0.29) is 0 Å². The molecule has 0 atom stereocenters. The summed E-state index contributed by atoms with van der Waals surface area (Å²) in [5, 5.41) is 20.0. The van der Waals surface area contributed by atoms with Crippen molar-refractivity contribution in [2.24, 2.45) is 0 Å². The van der Waals surface area contributed by atoms with Gasteiger partial charge in [-0.25, -0.2) is 0 Å². The number of hydrogen-bond acceptors (Lipinski definition) is 1. The van der Waals surface area contributed by atoms with Gasteiger partial charge in [0.25, 0.3) is 0 Å². The Morgan fingerprint density at radius 2 is 0.620 bits per heavy atom. The van der Waals surface area contributed by atoms with Gasteiger partial charge in [0.1, 0.15) is 11.2 Å². The standard InChI is InChI=1S/C36H22O.C34H22/c1-2-12-24(13-3-1)33-26-15-6-8-17-28(26)34(29-18-9-7-16-27(29)33)30-19-10-20-32-35(30)31-22-21-23-11-4-5-14-25(23)36(31)37-32;1-2-12-25-22-26(21-20-23(25)10-1)33-29-15-5-7-17-31(29)34(32-18-8-6-16-30(32)33)28-19-9-13-24-11-3-4-14-27(24)28/h1-22H;1-22H. The minimum atomic E-state index is 0.921. The highest BCUT2D eigenvalue weighted by molar-refractivity contribution is 6.27. The monoisotopic (exact) mass is 900 g/mol. The Morgan fingerprint density at radius 1 is 0.211 bits per heavy atom. The molecule has 0 saturated heterocycles. The molecule has 0 amide bonds. The van der Waals surface area contributed by atoms with E-state index in [1.165, 1.54) is 120 Å². The first kappa shape index (κ1) is 40.7. The zero-order valence-corrected chi connectivity index (χ0v) is 38.8. The van der Waals surface area contributed by atoms with E-state index in [2.05, 4.69) is 267 Å². The van der Waals surface area contributed by atoms with Crippen molar-refractivity contribution in [2.75, 3.05) is 0 Å². The third-order valence-corrected chi connectivity index (χ3v) is 14.7. The first-order valence-corrected chi connectivity index (χ1v) is 24.5. The average molecular weight is 901 g/mol. The van der Waals surface area contributed by atoms with Gasteiger partial charge >= 0.3 is 0 Å². The summed E-state index contributed by atoms with van der Waals surface area (Å²) in [5.74, 6) is 0. The van der Waals surface area contributed by atoms with Gasteiger partial charge in [0.05, 0.1) is 0 Å². The smallest absolute Gasteiger partial charge is 0.143 e. The van der Waals surface area contributed by atoms with Crippen LogP contribution in [-0.4, -0.2) is 0 Å². The molecular weight excluding hydrogens is 857 g/mol. The van der Waals surface area contributed by atoms with Crippen LogP contribution in [0.1, 0.15) is 0 Å². The lowest BCUT2D eigenvalue weighted by molar-refractivity contribution is 0.673. The number of rotatable bonds is 4. The van der Waals surface area contributed by atoms with Crippen LogP contribution in [0.4, 0.5) is 0 Å². The Hall–Kier alpha value is -9.30. The topological polar surface area (TPSA) is 13.1 Å². The quantitative estimate of drug-likeness (QED) is 0.160. The fraction of sp³-hybridized carbons (Fsp3) is 0. The molecule has 0 aliphatic rings. The van der Waals surface area contributed by atoms with Crippen LogP contribution in [0.25, 0.3) is 142 Å². The van der Waals surface area contributed by atoms with Crippen LogP contribution in [0.2, 0.25) is 0 Å². The molecule has 1 heteroatoms.